The molecule has 9 aromatic carbocycles. The van der Waals surface area contributed by atoms with E-state index in [1.54, 1.807) is 18.2 Å². The highest BCUT2D eigenvalue weighted by Crippen LogP contribution is 2.61. The molecule has 9 amide bonds. The predicted octanol–water partition coefficient (Wildman–Crippen LogP) is 12.5. The van der Waals surface area contributed by atoms with E-state index in [4.69, 9.17) is 28.4 Å². The van der Waals surface area contributed by atoms with E-state index in [0.717, 1.165) is 139 Å². The van der Waals surface area contributed by atoms with Gasteiger partial charge in [-0.3, -0.25) is 58.5 Å². The van der Waals surface area contributed by atoms with Gasteiger partial charge in [0.05, 0.1) is 83.1 Å². The largest absolute Gasteiger partial charge is 0.504 e. The highest BCUT2D eigenvalue weighted by Gasteiger charge is 2.73. The summed E-state index contributed by atoms with van der Waals surface area (Å²) in [7, 11) is 15.3. The number of hydrogen-bond acceptors (Lipinski definition) is 24. The molecule has 12 aliphatic heterocycles. The van der Waals surface area contributed by atoms with E-state index in [9.17, 15) is 44.1 Å². The van der Waals surface area contributed by atoms with Gasteiger partial charge >= 0.3 is 18.1 Å². The van der Waals surface area contributed by atoms with Crippen molar-refractivity contribution < 1.29 is 72.5 Å². The molecule has 21 rings (SSSR count). The number of phenols is 3. The summed E-state index contributed by atoms with van der Waals surface area (Å²) in [6, 6.07) is 49.6. The van der Waals surface area contributed by atoms with Crippen molar-refractivity contribution in [3.63, 3.8) is 0 Å². The van der Waals surface area contributed by atoms with Crippen molar-refractivity contribution in [1.82, 2.24) is 58.8 Å². The lowest BCUT2D eigenvalue weighted by Crippen LogP contribution is -2.51. The average Bonchev–Trinajstić information content (AvgIpc) is 1.53. The van der Waals surface area contributed by atoms with Crippen molar-refractivity contribution in [3.05, 3.63) is 194 Å². The first-order valence-corrected chi connectivity index (χ1v) is 49.0. The zero-order valence-electron chi connectivity index (χ0n) is 78.5. The molecule has 12 heterocycles. The Balaban J connectivity index is 0.000000130. The van der Waals surface area contributed by atoms with Gasteiger partial charge in [0.1, 0.15) is 16.6 Å². The van der Waals surface area contributed by atoms with Gasteiger partial charge in [-0.05, 0) is 156 Å². The van der Waals surface area contributed by atoms with Crippen LogP contribution in [0.15, 0.2) is 161 Å². The summed E-state index contributed by atoms with van der Waals surface area (Å²) in [6.45, 7) is 19.5. The number of methoxy groups -OCH3 is 2. The quantitative estimate of drug-likeness (QED) is 0.0449. The van der Waals surface area contributed by atoms with Gasteiger partial charge < -0.3 is 73.1 Å². The lowest BCUT2D eigenvalue weighted by molar-refractivity contribution is -0.134. The van der Waals surface area contributed by atoms with E-state index < -0.39 is 16.6 Å². The number of morpholine rings is 3. The number of hydrogen-bond donors (Lipinski definition) is 3. The Hall–Kier alpha value is -10.6. The Kier molecular flexibility index (Phi) is 26.6. The van der Waals surface area contributed by atoms with Crippen molar-refractivity contribution in [2.24, 2.45) is 17.8 Å². The molecule has 0 radical (unpaired) electrons. The highest BCUT2D eigenvalue weighted by atomic mass is 79.9. The van der Waals surface area contributed by atoms with Gasteiger partial charge in [-0.15, -0.1) is 0 Å². The molecule has 30 nitrogen and oxygen atoms in total. The standard InChI is InChI=1S/C35H43N5O5.C34H39Br2N5O5.C34H41N5O5/c1-4-45-32-19-24(9-12-31(32)41)21-38-22-25-20-30(28-10-11-29(36(2)3)27-8-6-5-7-26(27)28)40-34(43)39(33(42)35(25,40)23-38)14-13-37-15-17-44-18-16-37;1-37(2)26-9-8-25(23-6-4-5-7-24(23)26)27-17-22-19-39(18-21-16-28(45-3)31(42)30(36)29(21)35)20-34(22)32(43)40(33(44)41(27)34)11-10-38-12-14-46-15-13-38;1-35(2)28-10-9-27(25-6-4-5-7-26(25)28)29-19-24-21-37(20-23-8-11-31(43-3)30(40)18-23)22-34(24)32(41)38(33(42)39(29)34)13-12-36-14-16-44-17-15-36/h5-12,19,25,30,41H,4,13-18,20-23H2,1-3H3;4-9,16,22,27,42H,10-15,17-20H2,1-3H3;4-11,18,24,29,40H,12-17,19-22H2,1-3H3/t25-,30-,35+;22-,27-,34+;24-,29-,34+/m111/s1. The van der Waals surface area contributed by atoms with Crippen LogP contribution in [0.5, 0.6) is 34.5 Å². The van der Waals surface area contributed by atoms with E-state index >= 15 is 0 Å². The topological polar surface area (TPSA) is 267 Å². The molecule has 3 N–H and O–H groups in total. The first-order valence-electron chi connectivity index (χ1n) is 47.4. The smallest absolute Gasteiger partial charge is 0.328 e. The number of nitrogens with zero attached hydrogens (tertiary/aromatic N) is 15. The number of fused-ring (bicyclic) bond motifs is 3. The van der Waals surface area contributed by atoms with Crippen molar-refractivity contribution >= 4 is 117 Å². The lowest BCUT2D eigenvalue weighted by Gasteiger charge is -2.33. The molecular formula is C103H123Br2N15O15. The summed E-state index contributed by atoms with van der Waals surface area (Å²) in [5.41, 5.74) is 6.77. The third-order valence-corrected chi connectivity index (χ3v) is 32.7. The minimum Gasteiger partial charge on any atom is -0.504 e. The number of carbonyl (C=O) groups is 6. The Morgan fingerprint density at radius 2 is 0.733 bits per heavy atom. The maximum atomic E-state index is 14.6. The summed E-state index contributed by atoms with van der Waals surface area (Å²) < 4.78 is 34.1. The number of anilines is 3. The van der Waals surface area contributed by atoms with Crippen molar-refractivity contribution in [2.45, 2.75) is 80.6 Å². The van der Waals surface area contributed by atoms with E-state index in [1.165, 1.54) is 28.9 Å². The molecule has 12 aliphatic rings. The number of carbonyl (C=O) groups excluding carboxylic acids is 6. The van der Waals surface area contributed by atoms with Crippen LogP contribution >= 0.6 is 31.9 Å². The van der Waals surface area contributed by atoms with Crippen LogP contribution in [0.25, 0.3) is 32.3 Å². The van der Waals surface area contributed by atoms with Crippen LogP contribution in [0.2, 0.25) is 0 Å². The normalized spacial score (nSPS) is 25.3. The predicted molar refractivity (Wildman–Crippen MR) is 524 cm³/mol. The molecule has 0 unspecified atom stereocenters. The van der Waals surface area contributed by atoms with Crippen LogP contribution in [-0.2, 0) is 48.2 Å². The Labute approximate surface area is 805 Å². The number of imide groups is 3. The van der Waals surface area contributed by atoms with Crippen molar-refractivity contribution in [3.8, 4) is 34.5 Å². The van der Waals surface area contributed by atoms with Gasteiger partial charge in [0, 0.05) is 235 Å². The van der Waals surface area contributed by atoms with E-state index in [0.29, 0.717) is 173 Å². The van der Waals surface area contributed by atoms with Crippen LogP contribution < -0.4 is 28.9 Å². The number of benzene rings is 9. The van der Waals surface area contributed by atoms with Crippen LogP contribution in [0.4, 0.5) is 31.4 Å². The molecule has 0 aliphatic carbocycles. The maximum absolute atomic E-state index is 14.6. The molecule has 3 spiro atoms. The summed E-state index contributed by atoms with van der Waals surface area (Å²) in [4.78, 5) is 117. The van der Waals surface area contributed by atoms with Gasteiger partial charge in [-0.2, -0.15) is 0 Å². The minimum atomic E-state index is -0.946. The summed E-state index contributed by atoms with van der Waals surface area (Å²) >= 11 is 7.12. The van der Waals surface area contributed by atoms with E-state index in [1.807, 2.05) is 94.2 Å². The summed E-state index contributed by atoms with van der Waals surface area (Å²) in [6.07, 6.45) is 2.17. The maximum Gasteiger partial charge on any atom is 0.328 e. The molecule has 9 aromatic rings. The van der Waals surface area contributed by atoms with Gasteiger partial charge in [0.25, 0.3) is 17.7 Å². The number of urea groups is 3. The van der Waals surface area contributed by atoms with Crippen molar-refractivity contribution in [1.29, 1.82) is 0 Å². The average molecular weight is 1970 g/mol. The molecule has 12 saturated heterocycles. The number of rotatable bonds is 25. The first kappa shape index (κ1) is 93.4. The number of phenolic OH excluding ortho intramolecular Hbond substituents is 3. The summed E-state index contributed by atoms with van der Waals surface area (Å²) in [5.74, 6) is 1.26. The number of aromatic hydroxyl groups is 3. The Morgan fingerprint density at radius 1 is 0.385 bits per heavy atom. The Morgan fingerprint density at radius 3 is 1.08 bits per heavy atom. The van der Waals surface area contributed by atoms with E-state index in [2.05, 4.69) is 179 Å². The van der Waals surface area contributed by atoms with Gasteiger partial charge in [-0.25, -0.2) is 14.4 Å². The number of likely N-dealkylation sites (tertiary alicyclic amines) is 3. The molecule has 32 heteroatoms. The number of ether oxygens (including phenoxy) is 6. The zero-order valence-corrected chi connectivity index (χ0v) is 81.7. The zero-order chi connectivity index (χ0) is 94.2. The fourth-order valence-electron chi connectivity index (χ4n) is 24.2. The van der Waals surface area contributed by atoms with Crippen LogP contribution in [-0.4, -0.2) is 347 Å². The molecule has 0 bridgehead atoms. The second kappa shape index (κ2) is 38.4. The molecular weight excluding hydrogens is 1850 g/mol. The molecule has 135 heavy (non-hydrogen) atoms. The van der Waals surface area contributed by atoms with Gasteiger partial charge in [0.2, 0.25) is 0 Å². The van der Waals surface area contributed by atoms with Crippen LogP contribution in [0, 0.1) is 17.8 Å². The number of halogens is 2. The summed E-state index contributed by atoms with van der Waals surface area (Å²) in [5, 5.41) is 37.9. The molecule has 12 fully saturated rings. The second-order valence-corrected chi connectivity index (χ2v) is 40.2. The second-order valence-electron chi connectivity index (χ2n) is 38.6. The van der Waals surface area contributed by atoms with E-state index in [-0.39, 0.29) is 88.9 Å². The third kappa shape index (κ3) is 16.7. The third-order valence-electron chi connectivity index (χ3n) is 30.5. The van der Waals surface area contributed by atoms with Crippen LogP contribution in [0.1, 0.15) is 77.7 Å². The lowest BCUT2D eigenvalue weighted by atomic mass is 9.87. The Bertz CT molecular complexity index is 6040. The molecule has 0 saturated carbocycles. The molecule has 9 atom stereocenters. The minimum absolute atomic E-state index is 0.00287. The van der Waals surface area contributed by atoms with Gasteiger partial charge in [-0.1, -0.05) is 103 Å². The van der Waals surface area contributed by atoms with Gasteiger partial charge in [0.15, 0.2) is 34.5 Å². The van der Waals surface area contributed by atoms with Crippen molar-refractivity contribution in [2.75, 3.05) is 235 Å². The molecule has 714 valence electrons. The monoisotopic (exact) mass is 1970 g/mol. The SMILES string of the molecule is CCOc1cc(CN2C[C@H]3C[C@H](c4ccc(N(C)C)c5ccccc45)N4C(=O)N(CCN5CCOCC5)C(=O)[C@]34C2)ccc1O.COc1cc(CN2C[C@H]3C[C@H](c4ccc(N(C)C)c5ccccc45)N4C(=O)N(CCN5CCOCC5)C(=O)[C@]34C2)c(Br)c(Br)c1O.COc1ccc(CN2C[C@H]3C[C@H](c4ccc(N(C)C)c5ccccc45)N4C(=O)N(CCN5CCOCC5)C(=O)[C@]34C2)cc1O. The first-order chi connectivity index (χ1) is 65.3. The molecule has 0 aromatic heterocycles. The fraction of sp³-hybridized carbons (Fsp3) is 0.476. The highest BCUT2D eigenvalue weighted by molar-refractivity contribution is 9.13. The fourth-order valence-corrected chi connectivity index (χ4v) is 25.1. The van der Waals surface area contributed by atoms with Crippen LogP contribution in [0.3, 0.4) is 0 Å². The number of amides is 9.